The number of hydrogen-bond donors (Lipinski definition) is 2. The predicted molar refractivity (Wildman–Crippen MR) is 149 cm³/mol. The summed E-state index contributed by atoms with van der Waals surface area (Å²) in [7, 11) is 1.50. The van der Waals surface area contributed by atoms with Gasteiger partial charge < -0.3 is 19.8 Å². The van der Waals surface area contributed by atoms with Gasteiger partial charge in [0.05, 0.1) is 0 Å². The van der Waals surface area contributed by atoms with Crippen LogP contribution in [0.1, 0.15) is 93.4 Å². The van der Waals surface area contributed by atoms with Crippen LogP contribution in [0.3, 0.4) is 0 Å². The number of amides is 1. The molecule has 0 aliphatic heterocycles. The first kappa shape index (κ1) is 30.4. The Morgan fingerprint density at radius 3 is 1.86 bits per heavy atom. The molecule has 0 aliphatic rings. The van der Waals surface area contributed by atoms with Crippen LogP contribution in [0, 0.1) is 19.3 Å². The minimum Gasteiger partial charge on any atom is -0.490 e. The fraction of sp³-hybridized carbons (Fsp3) is 0.548. The van der Waals surface area contributed by atoms with Gasteiger partial charge in [-0.3, -0.25) is 9.59 Å². The Labute approximate surface area is 222 Å². The van der Waals surface area contributed by atoms with Crippen molar-refractivity contribution in [2.75, 3.05) is 20.2 Å². The molecule has 2 rings (SSSR count). The number of nitrogens with zero attached hydrogens (tertiary/aromatic N) is 1. The van der Waals surface area contributed by atoms with Crippen LogP contribution in [0.5, 0.6) is 5.75 Å². The third-order valence-corrected chi connectivity index (χ3v) is 8.11. The molecular weight excluding hydrogens is 466 g/mol. The van der Waals surface area contributed by atoms with Gasteiger partial charge in [-0.05, 0) is 72.9 Å². The number of ether oxygens (including phenoxy) is 1. The molecule has 204 valence electrons. The highest BCUT2D eigenvalue weighted by Crippen LogP contribution is 2.41. The van der Waals surface area contributed by atoms with Crippen LogP contribution in [-0.4, -0.2) is 52.8 Å². The van der Waals surface area contributed by atoms with E-state index in [1.54, 1.807) is 0 Å². The summed E-state index contributed by atoms with van der Waals surface area (Å²) < 4.78 is 6.14. The maximum absolute atomic E-state index is 12.8. The molecule has 0 fully saturated rings. The number of carboxylic acid groups (broad SMARTS) is 1. The molecule has 0 saturated carbocycles. The van der Waals surface area contributed by atoms with Gasteiger partial charge >= 0.3 is 5.97 Å². The summed E-state index contributed by atoms with van der Waals surface area (Å²) in [6, 6.07) is 12.1. The molecule has 2 aromatic rings. The number of rotatable bonds is 11. The van der Waals surface area contributed by atoms with Crippen molar-refractivity contribution >= 4 is 11.9 Å². The molecule has 0 saturated heterocycles. The molecule has 2 N–H and O–H groups in total. The number of hydrogen-bond acceptors (Lipinski definition) is 4. The molecule has 2 aromatic carbocycles. The Hall–Kier alpha value is -2.86. The monoisotopic (exact) mass is 511 g/mol. The molecule has 0 bridgehead atoms. The van der Waals surface area contributed by atoms with Crippen LogP contribution in [0.2, 0.25) is 0 Å². The van der Waals surface area contributed by atoms with Gasteiger partial charge in [-0.1, -0.05) is 65.8 Å². The zero-order chi connectivity index (χ0) is 28.2. The Balaban J connectivity index is 2.41. The second-order valence-electron chi connectivity index (χ2n) is 11.3. The normalized spacial score (nSPS) is 13.7. The average Bonchev–Trinajstić information content (AvgIpc) is 2.83. The molecule has 6 heteroatoms. The summed E-state index contributed by atoms with van der Waals surface area (Å²) in [6.07, 6.45) is 2.34. The zero-order valence-corrected chi connectivity index (χ0v) is 24.1. The Morgan fingerprint density at radius 2 is 1.43 bits per heavy atom. The molecule has 0 aliphatic carbocycles. The molecule has 0 aromatic heterocycles. The van der Waals surface area contributed by atoms with Crippen molar-refractivity contribution in [1.82, 2.24) is 4.90 Å². The number of carbonyl (C=O) groups is 2. The molecule has 6 nitrogen and oxygen atoms in total. The van der Waals surface area contributed by atoms with E-state index in [0.29, 0.717) is 12.0 Å². The van der Waals surface area contributed by atoms with E-state index in [1.807, 2.05) is 59.7 Å². The smallest absolute Gasteiger partial charge is 0.323 e. The lowest BCUT2D eigenvalue weighted by Gasteiger charge is -2.39. The molecule has 0 heterocycles. The highest BCUT2D eigenvalue weighted by molar-refractivity contribution is 5.97. The summed E-state index contributed by atoms with van der Waals surface area (Å²) in [5.41, 5.74) is 3.15. The van der Waals surface area contributed by atoms with Gasteiger partial charge in [0.25, 0.3) is 5.91 Å². The van der Waals surface area contributed by atoms with E-state index in [2.05, 4.69) is 32.0 Å². The Morgan fingerprint density at radius 1 is 0.892 bits per heavy atom. The Bertz CT molecular complexity index is 1110. The molecule has 1 unspecified atom stereocenters. The summed E-state index contributed by atoms with van der Waals surface area (Å²) >= 11 is 0. The van der Waals surface area contributed by atoms with Crippen molar-refractivity contribution in [2.45, 2.75) is 85.7 Å². The van der Waals surface area contributed by atoms with E-state index in [0.717, 1.165) is 35.3 Å². The van der Waals surface area contributed by atoms with Gasteiger partial charge in [0.2, 0.25) is 0 Å². The number of aryl methyl sites for hydroxylation is 2. The van der Waals surface area contributed by atoms with Gasteiger partial charge in [0.1, 0.15) is 24.5 Å². The maximum atomic E-state index is 12.8. The number of likely N-dealkylation sites (N-methyl/N-ethyl adjacent to an activating group) is 1. The first-order chi connectivity index (χ1) is 17.2. The van der Waals surface area contributed by atoms with Gasteiger partial charge in [-0.15, -0.1) is 0 Å². The van der Waals surface area contributed by atoms with Crippen molar-refractivity contribution in [3.63, 3.8) is 0 Å². The third-order valence-electron chi connectivity index (χ3n) is 8.11. The van der Waals surface area contributed by atoms with Gasteiger partial charge in [0, 0.05) is 18.0 Å². The van der Waals surface area contributed by atoms with E-state index in [4.69, 9.17) is 9.84 Å². The lowest BCUT2D eigenvalue weighted by molar-refractivity contribution is -0.137. The van der Waals surface area contributed by atoms with Crippen molar-refractivity contribution in [2.24, 2.45) is 5.41 Å². The molecule has 1 amide bonds. The number of aliphatic hydroxyl groups is 1. The van der Waals surface area contributed by atoms with Crippen molar-refractivity contribution in [3.8, 4) is 5.75 Å². The van der Waals surface area contributed by atoms with Gasteiger partial charge in [-0.2, -0.15) is 0 Å². The minimum atomic E-state index is -1.04. The van der Waals surface area contributed by atoms with Crippen LogP contribution in [0.25, 0.3) is 0 Å². The molecule has 1 atom stereocenters. The van der Waals surface area contributed by atoms with Crippen molar-refractivity contribution < 1.29 is 24.5 Å². The summed E-state index contributed by atoms with van der Waals surface area (Å²) in [5, 5.41) is 20.1. The molecular formula is C31H45NO5. The van der Waals surface area contributed by atoms with E-state index in [1.165, 1.54) is 17.5 Å². The third kappa shape index (κ3) is 6.35. The van der Waals surface area contributed by atoms with Crippen LogP contribution in [0.15, 0.2) is 36.4 Å². The number of carboxylic acids is 1. The molecule has 37 heavy (non-hydrogen) atoms. The summed E-state index contributed by atoms with van der Waals surface area (Å²) in [4.78, 5) is 25.1. The second-order valence-corrected chi connectivity index (χ2v) is 11.3. The summed E-state index contributed by atoms with van der Waals surface area (Å²) in [5.74, 6) is -0.578. The Kier molecular flexibility index (Phi) is 9.58. The minimum absolute atomic E-state index is 0.227. The average molecular weight is 512 g/mol. The van der Waals surface area contributed by atoms with Crippen molar-refractivity contribution in [1.29, 1.82) is 0 Å². The first-order valence-electron chi connectivity index (χ1n) is 13.2. The first-order valence-corrected chi connectivity index (χ1v) is 13.2. The second kappa shape index (κ2) is 11.7. The van der Waals surface area contributed by atoms with Crippen LogP contribution in [0.4, 0.5) is 0 Å². The molecule has 0 spiro atoms. The summed E-state index contributed by atoms with van der Waals surface area (Å²) in [6.45, 7) is 16.2. The van der Waals surface area contributed by atoms with Crippen molar-refractivity contribution in [3.05, 3.63) is 64.2 Å². The van der Waals surface area contributed by atoms with Crippen LogP contribution in [-0.2, 0) is 10.2 Å². The van der Waals surface area contributed by atoms with E-state index < -0.39 is 11.6 Å². The number of aliphatic carboxylic acids is 1. The topological polar surface area (TPSA) is 87.1 Å². The lowest BCUT2D eigenvalue weighted by atomic mass is 9.70. The highest BCUT2D eigenvalue weighted by atomic mass is 16.5. The fourth-order valence-corrected chi connectivity index (χ4v) is 5.07. The standard InChI is InChI=1S/C31H45NO5/c1-10-30(11-2,23-13-15-25(21(4)17-23)28(35)32(9)19-27(33)34)24-14-16-26(22(5)18-24)37-20-31(36,12-3)29(6,7)8/h13-18,36H,10-12,19-20H2,1-9H3,(H,33,34). The number of benzene rings is 2. The SMILES string of the molecule is CCC(CC)(c1ccc(OCC(O)(CC)C(C)(C)C)c(C)c1)c1ccc(C(=O)N(C)CC(=O)O)c(C)c1. The van der Waals surface area contributed by atoms with Gasteiger partial charge in [0.15, 0.2) is 0 Å². The molecule has 0 radical (unpaired) electrons. The highest BCUT2D eigenvalue weighted by Gasteiger charge is 2.39. The van der Waals surface area contributed by atoms with E-state index >= 15 is 0 Å². The quantitative estimate of drug-likeness (QED) is 0.379. The lowest BCUT2D eigenvalue weighted by Crippen LogP contribution is -2.47. The number of carbonyl (C=O) groups excluding carboxylic acids is 1. The zero-order valence-electron chi connectivity index (χ0n) is 24.1. The van der Waals surface area contributed by atoms with Crippen LogP contribution < -0.4 is 4.74 Å². The maximum Gasteiger partial charge on any atom is 0.323 e. The fourth-order valence-electron chi connectivity index (χ4n) is 5.07. The largest absolute Gasteiger partial charge is 0.490 e. The van der Waals surface area contributed by atoms with E-state index in [9.17, 15) is 14.7 Å². The van der Waals surface area contributed by atoms with Gasteiger partial charge in [-0.25, -0.2) is 0 Å². The van der Waals surface area contributed by atoms with E-state index in [-0.39, 0.29) is 29.9 Å². The van der Waals surface area contributed by atoms with Crippen LogP contribution >= 0.6 is 0 Å². The predicted octanol–water partition coefficient (Wildman–Crippen LogP) is 6.13.